The van der Waals surface area contributed by atoms with E-state index in [2.05, 4.69) is 25.4 Å². The number of rotatable bonds is 2. The standard InChI is InChI=1S/C8H6BrClNO4P/c9-8-4-3-7(15-16(12,13)14)11-6(4)2-1-5(8)10/h1-3,11H,(H2,12,13,14). The Kier molecular flexibility index (Phi) is 3.03. The van der Waals surface area contributed by atoms with E-state index in [4.69, 9.17) is 21.4 Å². The number of fused-ring (bicyclic) bond motifs is 1. The number of H-pyrrole nitrogens is 1. The molecule has 0 fully saturated rings. The first-order chi connectivity index (χ1) is 7.37. The Morgan fingerprint density at radius 2 is 2.12 bits per heavy atom. The summed E-state index contributed by atoms with van der Waals surface area (Å²) in [5.74, 6) is -0.00806. The van der Waals surface area contributed by atoms with Gasteiger partial charge >= 0.3 is 7.82 Å². The topological polar surface area (TPSA) is 82.6 Å². The third-order valence-corrected chi connectivity index (χ3v) is 3.72. The molecular weight excluding hydrogens is 320 g/mol. The molecule has 0 atom stereocenters. The van der Waals surface area contributed by atoms with Crippen LogP contribution in [0.2, 0.25) is 5.02 Å². The van der Waals surface area contributed by atoms with Crippen molar-refractivity contribution in [3.8, 4) is 5.88 Å². The van der Waals surface area contributed by atoms with Crippen molar-refractivity contribution in [1.29, 1.82) is 0 Å². The molecule has 16 heavy (non-hydrogen) atoms. The quantitative estimate of drug-likeness (QED) is 0.741. The smallest absolute Gasteiger partial charge is 0.388 e. The Morgan fingerprint density at radius 1 is 1.44 bits per heavy atom. The summed E-state index contributed by atoms with van der Waals surface area (Å²) in [5.41, 5.74) is 0.666. The minimum atomic E-state index is -4.55. The number of aromatic nitrogens is 1. The van der Waals surface area contributed by atoms with E-state index in [1.54, 1.807) is 12.1 Å². The normalized spacial score (nSPS) is 12.0. The predicted molar refractivity (Wildman–Crippen MR) is 63.7 cm³/mol. The SMILES string of the molecule is O=P(O)(O)Oc1cc2c(Br)c(Cl)ccc2[nH]1. The lowest BCUT2D eigenvalue weighted by Crippen LogP contribution is -1.89. The molecule has 2 aromatic rings. The second kappa shape index (κ2) is 4.05. The van der Waals surface area contributed by atoms with Crippen molar-refractivity contribution < 1.29 is 18.9 Å². The van der Waals surface area contributed by atoms with E-state index in [0.717, 1.165) is 0 Å². The molecule has 2 rings (SSSR count). The lowest BCUT2D eigenvalue weighted by Gasteiger charge is -2.02. The Labute approximate surface area is 104 Å². The van der Waals surface area contributed by atoms with Crippen molar-refractivity contribution in [1.82, 2.24) is 4.98 Å². The molecule has 0 bridgehead atoms. The van der Waals surface area contributed by atoms with Gasteiger partial charge in [-0.25, -0.2) is 4.57 Å². The third kappa shape index (κ3) is 2.42. The fourth-order valence-electron chi connectivity index (χ4n) is 1.29. The summed E-state index contributed by atoms with van der Waals surface area (Å²) in [6.45, 7) is 0. The largest absolute Gasteiger partial charge is 0.525 e. The van der Waals surface area contributed by atoms with Gasteiger partial charge in [0.2, 0.25) is 5.88 Å². The van der Waals surface area contributed by atoms with E-state index in [-0.39, 0.29) is 5.88 Å². The van der Waals surface area contributed by atoms with Crippen molar-refractivity contribution in [3.05, 3.63) is 27.7 Å². The van der Waals surface area contributed by atoms with E-state index in [9.17, 15) is 4.57 Å². The second-order valence-corrected chi connectivity index (χ2v) is 5.40. The fourth-order valence-corrected chi connectivity index (χ4v) is 2.27. The number of hydrogen-bond donors (Lipinski definition) is 3. The molecule has 0 saturated heterocycles. The van der Waals surface area contributed by atoms with Crippen molar-refractivity contribution in [2.75, 3.05) is 0 Å². The average Bonchev–Trinajstić information content (AvgIpc) is 2.52. The predicted octanol–water partition coefficient (Wildman–Crippen LogP) is 3.06. The van der Waals surface area contributed by atoms with Gasteiger partial charge in [-0.15, -0.1) is 0 Å². The zero-order valence-corrected chi connectivity index (χ0v) is 10.9. The Bertz CT molecular complexity index is 593. The number of halogens is 2. The third-order valence-electron chi connectivity index (χ3n) is 1.88. The lowest BCUT2D eigenvalue weighted by atomic mass is 10.2. The zero-order valence-electron chi connectivity index (χ0n) is 7.65. The van der Waals surface area contributed by atoms with Crippen LogP contribution in [0.1, 0.15) is 0 Å². The van der Waals surface area contributed by atoms with Crippen LogP contribution in [-0.4, -0.2) is 14.8 Å². The van der Waals surface area contributed by atoms with Crippen molar-refractivity contribution >= 4 is 46.3 Å². The van der Waals surface area contributed by atoms with Crippen LogP contribution < -0.4 is 4.52 Å². The van der Waals surface area contributed by atoms with Gasteiger partial charge in [0.25, 0.3) is 0 Å². The fraction of sp³-hybridized carbons (Fsp3) is 0. The molecule has 0 aliphatic rings. The zero-order chi connectivity index (χ0) is 11.9. The molecule has 5 nitrogen and oxygen atoms in total. The van der Waals surface area contributed by atoms with Gasteiger partial charge in [-0.1, -0.05) is 11.6 Å². The molecule has 0 aliphatic heterocycles. The molecule has 3 N–H and O–H groups in total. The highest BCUT2D eigenvalue weighted by Gasteiger charge is 2.18. The van der Waals surface area contributed by atoms with Crippen molar-refractivity contribution in [2.24, 2.45) is 0 Å². The summed E-state index contributed by atoms with van der Waals surface area (Å²) >= 11 is 9.15. The number of phosphoric ester groups is 1. The van der Waals surface area contributed by atoms with Gasteiger partial charge in [-0.2, -0.15) is 0 Å². The van der Waals surface area contributed by atoms with Crippen LogP contribution in [0.15, 0.2) is 22.7 Å². The average molecular weight is 326 g/mol. The molecule has 1 aromatic carbocycles. The monoisotopic (exact) mass is 325 g/mol. The molecule has 0 aliphatic carbocycles. The molecule has 1 aromatic heterocycles. The van der Waals surface area contributed by atoms with E-state index in [1.165, 1.54) is 6.07 Å². The summed E-state index contributed by atoms with van der Waals surface area (Å²) < 4.78 is 15.7. The van der Waals surface area contributed by atoms with Crippen LogP contribution >= 0.6 is 35.4 Å². The molecule has 1 heterocycles. The Balaban J connectivity index is 2.52. The van der Waals surface area contributed by atoms with Crippen molar-refractivity contribution in [2.45, 2.75) is 0 Å². The number of aromatic amines is 1. The molecule has 0 radical (unpaired) electrons. The first kappa shape index (κ1) is 12.0. The van der Waals surface area contributed by atoms with Gasteiger partial charge in [0, 0.05) is 21.4 Å². The van der Waals surface area contributed by atoms with Crippen LogP contribution in [0.25, 0.3) is 10.9 Å². The van der Waals surface area contributed by atoms with Gasteiger partial charge in [-0.3, -0.25) is 9.79 Å². The molecular formula is C8H6BrClNO4P. The molecule has 0 saturated carbocycles. The van der Waals surface area contributed by atoms with Crippen LogP contribution in [0.4, 0.5) is 0 Å². The maximum Gasteiger partial charge on any atom is 0.525 e. The van der Waals surface area contributed by atoms with Gasteiger partial charge in [0.1, 0.15) is 0 Å². The summed E-state index contributed by atoms with van der Waals surface area (Å²) in [5, 5.41) is 1.20. The Hall–Kier alpha value is -0.520. The minimum absolute atomic E-state index is 0.00806. The van der Waals surface area contributed by atoms with E-state index < -0.39 is 7.82 Å². The summed E-state index contributed by atoms with van der Waals surface area (Å²) in [6.07, 6.45) is 0. The van der Waals surface area contributed by atoms with Crippen LogP contribution in [0.3, 0.4) is 0 Å². The summed E-state index contributed by atoms with van der Waals surface area (Å²) in [4.78, 5) is 20.0. The van der Waals surface area contributed by atoms with Gasteiger partial charge in [0.05, 0.1) is 5.02 Å². The van der Waals surface area contributed by atoms with Gasteiger partial charge in [-0.05, 0) is 28.1 Å². The minimum Gasteiger partial charge on any atom is -0.388 e. The van der Waals surface area contributed by atoms with Crippen LogP contribution in [0, 0.1) is 0 Å². The number of phosphoric acid groups is 1. The number of nitrogens with one attached hydrogen (secondary N) is 1. The second-order valence-electron chi connectivity index (χ2n) is 3.04. The molecule has 0 unspecified atom stereocenters. The van der Waals surface area contributed by atoms with Crippen molar-refractivity contribution in [3.63, 3.8) is 0 Å². The number of hydrogen-bond acceptors (Lipinski definition) is 2. The van der Waals surface area contributed by atoms with Crippen LogP contribution in [0.5, 0.6) is 5.88 Å². The Morgan fingerprint density at radius 3 is 2.75 bits per heavy atom. The maximum absolute atomic E-state index is 10.6. The van der Waals surface area contributed by atoms with Crippen LogP contribution in [-0.2, 0) is 4.57 Å². The molecule has 8 heteroatoms. The highest BCUT2D eigenvalue weighted by atomic mass is 79.9. The first-order valence-electron chi connectivity index (χ1n) is 4.09. The van der Waals surface area contributed by atoms with E-state index in [0.29, 0.717) is 20.4 Å². The first-order valence-corrected chi connectivity index (χ1v) is 6.79. The highest BCUT2D eigenvalue weighted by Crippen LogP contribution is 2.40. The molecule has 86 valence electrons. The molecule has 0 spiro atoms. The van der Waals surface area contributed by atoms with Gasteiger partial charge < -0.3 is 9.51 Å². The lowest BCUT2D eigenvalue weighted by molar-refractivity contribution is 0.280. The summed E-state index contributed by atoms with van der Waals surface area (Å²) in [6, 6.07) is 4.81. The highest BCUT2D eigenvalue weighted by molar-refractivity contribution is 9.10. The summed E-state index contributed by atoms with van der Waals surface area (Å²) in [7, 11) is -4.55. The maximum atomic E-state index is 10.6. The molecule has 0 amide bonds. The number of benzene rings is 1. The van der Waals surface area contributed by atoms with E-state index in [1.807, 2.05) is 0 Å². The van der Waals surface area contributed by atoms with Gasteiger partial charge in [0.15, 0.2) is 0 Å². The van der Waals surface area contributed by atoms with E-state index >= 15 is 0 Å².